The number of rotatable bonds is 5. The largest absolute Gasteiger partial charge is 0.455 e. The van der Waals surface area contributed by atoms with Gasteiger partial charge in [-0.3, -0.25) is 0 Å². The van der Waals surface area contributed by atoms with E-state index in [2.05, 4.69) is 193 Å². The minimum absolute atomic E-state index is 0.903. The summed E-state index contributed by atoms with van der Waals surface area (Å²) in [7, 11) is 0. The van der Waals surface area contributed by atoms with Gasteiger partial charge in [0.05, 0.1) is 0 Å². The van der Waals surface area contributed by atoms with Gasteiger partial charge in [0.1, 0.15) is 11.2 Å². The van der Waals surface area contributed by atoms with E-state index in [0.29, 0.717) is 0 Å². The molecule has 0 fully saturated rings. The summed E-state index contributed by atoms with van der Waals surface area (Å²) in [5.74, 6) is 0. The summed E-state index contributed by atoms with van der Waals surface area (Å²) >= 11 is 0. The van der Waals surface area contributed by atoms with Gasteiger partial charge >= 0.3 is 0 Å². The molecule has 0 aliphatic rings. The van der Waals surface area contributed by atoms with Crippen molar-refractivity contribution >= 4 is 82.1 Å². The van der Waals surface area contributed by atoms with E-state index >= 15 is 0 Å². The van der Waals surface area contributed by atoms with E-state index < -0.39 is 0 Å². The smallest absolute Gasteiger partial charge is 0.143 e. The zero-order chi connectivity index (χ0) is 35.6. The molecule has 0 atom stereocenters. The summed E-state index contributed by atoms with van der Waals surface area (Å²) in [5.41, 5.74) is 9.68. The van der Waals surface area contributed by atoms with Crippen molar-refractivity contribution in [1.29, 1.82) is 0 Å². The first-order valence-corrected chi connectivity index (χ1v) is 18.5. The quantitative estimate of drug-likeness (QED) is 0.168. The maximum Gasteiger partial charge on any atom is 0.143 e. The van der Waals surface area contributed by atoms with Gasteiger partial charge in [-0.2, -0.15) is 0 Å². The topological polar surface area (TPSA) is 16.4 Å². The van der Waals surface area contributed by atoms with E-state index in [0.717, 1.165) is 50.1 Å². The van der Waals surface area contributed by atoms with Gasteiger partial charge in [0.2, 0.25) is 0 Å². The van der Waals surface area contributed by atoms with E-state index in [9.17, 15) is 0 Å². The third kappa shape index (κ3) is 4.88. The van der Waals surface area contributed by atoms with Crippen LogP contribution in [0.4, 0.5) is 17.1 Å². The van der Waals surface area contributed by atoms with Crippen molar-refractivity contribution in [2.45, 2.75) is 0 Å². The molecule has 0 saturated heterocycles. The second-order valence-electron chi connectivity index (χ2n) is 14.1. The maximum absolute atomic E-state index is 6.50. The van der Waals surface area contributed by atoms with Crippen molar-refractivity contribution in [3.05, 3.63) is 200 Å². The Bertz CT molecular complexity index is 3230. The third-order valence-corrected chi connectivity index (χ3v) is 11.0. The number of fused-ring (bicyclic) bond motifs is 9. The number of furan rings is 1. The molecule has 0 N–H and O–H groups in total. The summed E-state index contributed by atoms with van der Waals surface area (Å²) in [6, 6.07) is 72.3. The Morgan fingerprint density at radius 1 is 0.296 bits per heavy atom. The first kappa shape index (κ1) is 30.5. The van der Waals surface area contributed by atoms with E-state index in [1.54, 1.807) is 0 Å². The van der Waals surface area contributed by atoms with Crippen molar-refractivity contribution in [2.24, 2.45) is 0 Å². The molecule has 1 aromatic heterocycles. The molecule has 0 aliphatic heterocycles. The SMILES string of the molecule is c1cc(-c2cccc3c2oc2ccccc23)cc(N(c2ccc(-c3cc4ccccc4c4ccccc34)cc2)c2ccc3ccc4ccccc4c3c2)c1. The number of hydrogen-bond donors (Lipinski definition) is 0. The van der Waals surface area contributed by atoms with E-state index in [1.165, 1.54) is 54.2 Å². The predicted molar refractivity (Wildman–Crippen MR) is 229 cm³/mol. The summed E-state index contributed by atoms with van der Waals surface area (Å²) in [5, 5.41) is 12.3. The first-order valence-electron chi connectivity index (χ1n) is 18.5. The number of anilines is 3. The monoisotopic (exact) mass is 687 g/mol. The van der Waals surface area contributed by atoms with Gasteiger partial charge in [0.25, 0.3) is 0 Å². The van der Waals surface area contributed by atoms with Gasteiger partial charge in [-0.15, -0.1) is 0 Å². The summed E-state index contributed by atoms with van der Waals surface area (Å²) < 4.78 is 6.50. The van der Waals surface area contributed by atoms with Crippen LogP contribution < -0.4 is 4.90 Å². The second kappa shape index (κ2) is 12.2. The number of para-hydroxylation sites is 2. The highest BCUT2D eigenvalue weighted by Gasteiger charge is 2.18. The molecule has 0 saturated carbocycles. The van der Waals surface area contributed by atoms with E-state index in [-0.39, 0.29) is 0 Å². The maximum atomic E-state index is 6.50. The zero-order valence-corrected chi connectivity index (χ0v) is 29.4. The molecule has 2 nitrogen and oxygen atoms in total. The highest BCUT2D eigenvalue weighted by atomic mass is 16.3. The Hall–Kier alpha value is -7.16. The molecule has 0 spiro atoms. The molecule has 0 aliphatic carbocycles. The van der Waals surface area contributed by atoms with Crippen molar-refractivity contribution < 1.29 is 4.42 Å². The van der Waals surface area contributed by atoms with Gasteiger partial charge in [-0.05, 0) is 108 Å². The lowest BCUT2D eigenvalue weighted by Gasteiger charge is -2.27. The average molecular weight is 688 g/mol. The molecule has 54 heavy (non-hydrogen) atoms. The van der Waals surface area contributed by atoms with Crippen LogP contribution in [0.2, 0.25) is 0 Å². The summed E-state index contributed by atoms with van der Waals surface area (Å²) in [6.45, 7) is 0. The van der Waals surface area contributed by atoms with Gasteiger partial charge in [-0.25, -0.2) is 0 Å². The standard InChI is InChI=1S/C52H33NO/c1-3-15-42-34(11-1)23-24-35-27-30-41(33-50(35)42)53(40-14-9-13-37(31-40)44-20-10-21-48-47-19-7-8-22-51(47)54-52(44)48)39-28-25-36(26-29-39)49-32-38-12-2-4-16-43(38)45-17-5-6-18-46(45)49/h1-33H. The van der Waals surface area contributed by atoms with Crippen LogP contribution in [0, 0.1) is 0 Å². The fourth-order valence-corrected chi connectivity index (χ4v) is 8.45. The first-order chi connectivity index (χ1) is 26.8. The number of benzene rings is 10. The van der Waals surface area contributed by atoms with Crippen molar-refractivity contribution in [1.82, 2.24) is 0 Å². The van der Waals surface area contributed by atoms with E-state index in [4.69, 9.17) is 4.42 Å². The molecule has 10 aromatic carbocycles. The highest BCUT2D eigenvalue weighted by molar-refractivity contribution is 6.14. The molecule has 1 heterocycles. The van der Waals surface area contributed by atoms with Crippen LogP contribution in [-0.4, -0.2) is 0 Å². The Kier molecular flexibility index (Phi) is 6.90. The van der Waals surface area contributed by atoms with Crippen LogP contribution >= 0.6 is 0 Å². The lowest BCUT2D eigenvalue weighted by Crippen LogP contribution is -2.10. The fourth-order valence-electron chi connectivity index (χ4n) is 8.45. The molecular weight excluding hydrogens is 655 g/mol. The van der Waals surface area contributed by atoms with Gasteiger partial charge in [-0.1, -0.05) is 152 Å². The highest BCUT2D eigenvalue weighted by Crippen LogP contribution is 2.42. The van der Waals surface area contributed by atoms with Crippen LogP contribution in [0.5, 0.6) is 0 Å². The fraction of sp³-hybridized carbons (Fsp3) is 0. The van der Waals surface area contributed by atoms with Crippen LogP contribution in [0.25, 0.3) is 87.3 Å². The number of nitrogens with zero attached hydrogens (tertiary/aromatic N) is 1. The Labute approximate surface area is 312 Å². The molecule has 252 valence electrons. The summed E-state index contributed by atoms with van der Waals surface area (Å²) in [4.78, 5) is 2.38. The van der Waals surface area contributed by atoms with Crippen LogP contribution in [0.1, 0.15) is 0 Å². The Balaban J connectivity index is 1.09. The number of hydrogen-bond acceptors (Lipinski definition) is 2. The minimum atomic E-state index is 0.903. The van der Waals surface area contributed by atoms with Crippen LogP contribution in [0.15, 0.2) is 205 Å². The van der Waals surface area contributed by atoms with Crippen molar-refractivity contribution in [3.63, 3.8) is 0 Å². The molecule has 0 bridgehead atoms. The zero-order valence-electron chi connectivity index (χ0n) is 29.4. The van der Waals surface area contributed by atoms with Crippen LogP contribution in [0.3, 0.4) is 0 Å². The van der Waals surface area contributed by atoms with Gasteiger partial charge in [0, 0.05) is 33.4 Å². The van der Waals surface area contributed by atoms with Crippen molar-refractivity contribution in [2.75, 3.05) is 4.90 Å². The molecule has 11 rings (SSSR count). The molecule has 0 radical (unpaired) electrons. The lowest BCUT2D eigenvalue weighted by molar-refractivity contribution is 0.670. The van der Waals surface area contributed by atoms with E-state index in [1.807, 2.05) is 12.1 Å². The van der Waals surface area contributed by atoms with Gasteiger partial charge in [0.15, 0.2) is 0 Å². The normalized spacial score (nSPS) is 11.7. The van der Waals surface area contributed by atoms with Crippen LogP contribution in [-0.2, 0) is 0 Å². The lowest BCUT2D eigenvalue weighted by atomic mass is 9.93. The molecule has 0 amide bonds. The third-order valence-electron chi connectivity index (χ3n) is 11.0. The summed E-state index contributed by atoms with van der Waals surface area (Å²) in [6.07, 6.45) is 0. The average Bonchev–Trinajstić information content (AvgIpc) is 3.63. The molecular formula is C52H33NO. The Morgan fingerprint density at radius 2 is 0.889 bits per heavy atom. The Morgan fingerprint density at radius 3 is 1.72 bits per heavy atom. The van der Waals surface area contributed by atoms with Crippen molar-refractivity contribution in [3.8, 4) is 22.3 Å². The van der Waals surface area contributed by atoms with Gasteiger partial charge < -0.3 is 9.32 Å². The second-order valence-corrected chi connectivity index (χ2v) is 14.1. The molecule has 11 aromatic rings. The minimum Gasteiger partial charge on any atom is -0.455 e. The molecule has 2 heteroatoms. The predicted octanol–water partition coefficient (Wildman–Crippen LogP) is 15.0. The molecule has 0 unspecified atom stereocenters.